The van der Waals surface area contributed by atoms with E-state index in [1.165, 1.54) is 0 Å². The van der Waals surface area contributed by atoms with Gasteiger partial charge in [-0.05, 0) is 12.1 Å². The van der Waals surface area contributed by atoms with Gasteiger partial charge < -0.3 is 10.8 Å². The summed E-state index contributed by atoms with van der Waals surface area (Å²) in [4.78, 5) is 0. The zero-order valence-corrected chi connectivity index (χ0v) is 10.1. The van der Waals surface area contributed by atoms with Crippen LogP contribution < -0.4 is 5.73 Å². The number of benzene rings is 1. The van der Waals surface area contributed by atoms with Crippen LogP contribution in [0, 0.1) is 0 Å². The van der Waals surface area contributed by atoms with E-state index in [4.69, 9.17) is 10.8 Å². The Balaban J connectivity index is 0.00000154. The fourth-order valence-electron chi connectivity index (χ4n) is 1.21. The number of anilines is 1. The largest absolute Gasteiger partial charge is 0.430 e. The summed E-state index contributed by atoms with van der Waals surface area (Å²) in [7, 11) is 0. The molecule has 1 aromatic carbocycles. The molecule has 110 valence electrons. The van der Waals surface area contributed by atoms with Crippen molar-refractivity contribution >= 4 is 5.69 Å². The molecule has 0 amide bonds. The molecule has 1 rings (SSSR count). The molecule has 3 N–H and O–H groups in total. The fourth-order valence-corrected chi connectivity index (χ4v) is 1.21. The van der Waals surface area contributed by atoms with E-state index >= 15 is 0 Å². The van der Waals surface area contributed by atoms with Crippen LogP contribution in [0.1, 0.15) is 19.4 Å². The van der Waals surface area contributed by atoms with Gasteiger partial charge in [0.25, 0.3) is 5.60 Å². The van der Waals surface area contributed by atoms with Gasteiger partial charge in [-0.15, -0.1) is 0 Å². The van der Waals surface area contributed by atoms with Gasteiger partial charge in [0.15, 0.2) is 0 Å². The molecule has 0 heterocycles. The SMILES string of the molecule is CC.Nc1ccc(C(O)(C(F)(F)F)C(F)(F)F)cc1. The van der Waals surface area contributed by atoms with Crippen LogP contribution in [-0.2, 0) is 5.60 Å². The van der Waals surface area contributed by atoms with E-state index in [0.29, 0.717) is 12.1 Å². The van der Waals surface area contributed by atoms with Crippen LogP contribution in [0.25, 0.3) is 0 Å². The normalized spacial score (nSPS) is 12.7. The van der Waals surface area contributed by atoms with E-state index in [1.54, 1.807) is 0 Å². The minimum atomic E-state index is -5.87. The summed E-state index contributed by atoms with van der Waals surface area (Å²) in [6.07, 6.45) is -11.7. The maximum Gasteiger partial charge on any atom is 0.430 e. The van der Waals surface area contributed by atoms with Gasteiger partial charge in [0, 0.05) is 11.3 Å². The fraction of sp³-hybridized carbons (Fsp3) is 0.455. The molecular formula is C11H13F6NO. The third-order valence-corrected chi connectivity index (χ3v) is 2.15. The number of aliphatic hydroxyl groups is 1. The van der Waals surface area contributed by atoms with Crippen molar-refractivity contribution in [3.8, 4) is 0 Å². The van der Waals surface area contributed by atoms with Crippen LogP contribution in [0.15, 0.2) is 24.3 Å². The third-order valence-electron chi connectivity index (χ3n) is 2.15. The molecule has 19 heavy (non-hydrogen) atoms. The molecule has 0 radical (unpaired) electrons. The number of nitrogen functional groups attached to an aromatic ring is 1. The molecule has 0 fully saturated rings. The van der Waals surface area contributed by atoms with Gasteiger partial charge in [-0.3, -0.25) is 0 Å². The molecule has 2 nitrogen and oxygen atoms in total. The van der Waals surface area contributed by atoms with Gasteiger partial charge >= 0.3 is 12.4 Å². The molecule has 0 aliphatic carbocycles. The maximum absolute atomic E-state index is 12.4. The molecule has 0 aliphatic rings. The lowest BCUT2D eigenvalue weighted by molar-refractivity contribution is -0.376. The average molecular weight is 289 g/mol. The van der Waals surface area contributed by atoms with Crippen LogP contribution in [-0.4, -0.2) is 17.5 Å². The zero-order chi connectivity index (χ0) is 15.5. The van der Waals surface area contributed by atoms with E-state index in [1.807, 2.05) is 13.8 Å². The Morgan fingerprint density at radius 3 is 1.42 bits per heavy atom. The highest BCUT2D eigenvalue weighted by Gasteiger charge is 2.71. The minimum absolute atomic E-state index is 0.0135. The van der Waals surface area contributed by atoms with E-state index in [9.17, 15) is 26.3 Å². The number of halogens is 6. The molecule has 0 unspecified atom stereocenters. The minimum Gasteiger partial charge on any atom is -0.399 e. The van der Waals surface area contributed by atoms with Crippen molar-refractivity contribution in [3.05, 3.63) is 29.8 Å². The molecule has 0 aliphatic heterocycles. The van der Waals surface area contributed by atoms with Crippen molar-refractivity contribution < 1.29 is 31.4 Å². The van der Waals surface area contributed by atoms with Gasteiger partial charge in [-0.1, -0.05) is 26.0 Å². The number of rotatable bonds is 1. The first-order valence-electron chi connectivity index (χ1n) is 5.22. The van der Waals surface area contributed by atoms with Gasteiger partial charge in [-0.25, -0.2) is 0 Å². The maximum atomic E-state index is 12.4. The Morgan fingerprint density at radius 1 is 0.842 bits per heavy atom. The van der Waals surface area contributed by atoms with Crippen LogP contribution in [0.3, 0.4) is 0 Å². The first-order chi connectivity index (χ1) is 8.50. The Labute approximate surface area is 105 Å². The molecule has 0 bridgehead atoms. The molecule has 0 aromatic heterocycles. The second-order valence-corrected chi connectivity index (χ2v) is 3.33. The number of hydrogen-bond acceptors (Lipinski definition) is 2. The summed E-state index contributed by atoms with van der Waals surface area (Å²) in [5.41, 5.74) is -1.09. The smallest absolute Gasteiger partial charge is 0.399 e. The quantitative estimate of drug-likeness (QED) is 0.613. The van der Waals surface area contributed by atoms with Crippen molar-refractivity contribution in [2.24, 2.45) is 0 Å². The molecular weight excluding hydrogens is 276 g/mol. The van der Waals surface area contributed by atoms with Crippen molar-refractivity contribution in [1.82, 2.24) is 0 Å². The highest BCUT2D eigenvalue weighted by atomic mass is 19.4. The Morgan fingerprint density at radius 2 is 1.16 bits per heavy atom. The van der Waals surface area contributed by atoms with Gasteiger partial charge in [0.05, 0.1) is 0 Å². The van der Waals surface area contributed by atoms with Crippen molar-refractivity contribution in [3.63, 3.8) is 0 Å². The lowest BCUT2D eigenvalue weighted by Crippen LogP contribution is -2.53. The van der Waals surface area contributed by atoms with E-state index in [2.05, 4.69) is 0 Å². The molecule has 1 aromatic rings. The second-order valence-electron chi connectivity index (χ2n) is 3.33. The Kier molecular flexibility index (Phi) is 5.25. The van der Waals surface area contributed by atoms with Crippen molar-refractivity contribution in [2.75, 3.05) is 5.73 Å². The van der Waals surface area contributed by atoms with E-state index < -0.39 is 23.5 Å². The number of hydrogen-bond donors (Lipinski definition) is 2. The Hall–Kier alpha value is -1.44. The zero-order valence-electron chi connectivity index (χ0n) is 10.1. The monoisotopic (exact) mass is 289 g/mol. The molecule has 0 saturated heterocycles. The molecule has 0 saturated carbocycles. The first-order valence-corrected chi connectivity index (χ1v) is 5.22. The summed E-state index contributed by atoms with van der Waals surface area (Å²) in [5, 5.41) is 8.96. The van der Waals surface area contributed by atoms with Crippen LogP contribution in [0.2, 0.25) is 0 Å². The second kappa shape index (κ2) is 5.68. The van der Waals surface area contributed by atoms with E-state index in [0.717, 1.165) is 12.1 Å². The predicted molar refractivity (Wildman–Crippen MR) is 58.2 cm³/mol. The topological polar surface area (TPSA) is 46.2 Å². The number of nitrogens with two attached hydrogens (primary N) is 1. The molecule has 0 atom stereocenters. The lowest BCUT2D eigenvalue weighted by atomic mass is 9.92. The summed E-state index contributed by atoms with van der Waals surface area (Å²) in [5.74, 6) is 0. The van der Waals surface area contributed by atoms with Crippen molar-refractivity contribution in [1.29, 1.82) is 0 Å². The first kappa shape index (κ1) is 17.6. The van der Waals surface area contributed by atoms with Gasteiger partial charge in [0.2, 0.25) is 0 Å². The molecule has 0 spiro atoms. The standard InChI is InChI=1S/C9H7F6NO.C2H6/c10-8(11,12)7(17,9(13,14)15)5-1-3-6(16)4-2-5;1-2/h1-4,17H,16H2;1-2H3. The van der Waals surface area contributed by atoms with Crippen LogP contribution in [0.5, 0.6) is 0 Å². The highest BCUT2D eigenvalue weighted by Crippen LogP contribution is 2.49. The highest BCUT2D eigenvalue weighted by molar-refractivity contribution is 5.41. The lowest BCUT2D eigenvalue weighted by Gasteiger charge is -2.32. The van der Waals surface area contributed by atoms with Gasteiger partial charge in [-0.2, -0.15) is 26.3 Å². The Bertz CT molecular complexity index is 381. The van der Waals surface area contributed by atoms with Gasteiger partial charge in [0.1, 0.15) is 0 Å². The summed E-state index contributed by atoms with van der Waals surface area (Å²) in [6.45, 7) is 4.00. The van der Waals surface area contributed by atoms with Crippen LogP contribution in [0.4, 0.5) is 32.0 Å². The molecule has 8 heteroatoms. The third kappa shape index (κ3) is 3.31. The van der Waals surface area contributed by atoms with Crippen LogP contribution >= 0.6 is 0 Å². The van der Waals surface area contributed by atoms with Crippen molar-refractivity contribution in [2.45, 2.75) is 31.8 Å². The summed E-state index contributed by atoms with van der Waals surface area (Å²) < 4.78 is 74.3. The summed E-state index contributed by atoms with van der Waals surface area (Å²) in [6, 6.07) is 2.65. The predicted octanol–water partition coefficient (Wildman–Crippen LogP) is 3.61. The summed E-state index contributed by atoms with van der Waals surface area (Å²) >= 11 is 0. The van der Waals surface area contributed by atoms with E-state index in [-0.39, 0.29) is 5.69 Å². The average Bonchev–Trinajstić information content (AvgIpc) is 2.28. The number of alkyl halides is 6.